The zero-order valence-electron chi connectivity index (χ0n) is 15.0. The molecule has 0 saturated carbocycles. The Morgan fingerprint density at radius 1 is 0.962 bits per heavy atom. The highest BCUT2D eigenvalue weighted by Crippen LogP contribution is 2.29. The van der Waals surface area contributed by atoms with Crippen molar-refractivity contribution in [3.63, 3.8) is 0 Å². The highest BCUT2D eigenvalue weighted by atomic mass is 16.5. The van der Waals surface area contributed by atoms with Crippen LogP contribution in [0.3, 0.4) is 0 Å². The molecule has 1 unspecified atom stereocenters. The van der Waals surface area contributed by atoms with Gasteiger partial charge >= 0.3 is 0 Å². The summed E-state index contributed by atoms with van der Waals surface area (Å²) in [5, 5.41) is 19.1. The molecule has 0 N–H and O–H groups in total. The first kappa shape index (κ1) is 18.9. The monoisotopic (exact) mass is 348 g/mol. The second-order valence-electron chi connectivity index (χ2n) is 5.56. The number of nitriles is 2. The number of allylic oxidation sites excluding steroid dienone is 1. The van der Waals surface area contributed by atoms with E-state index in [2.05, 4.69) is 12.1 Å². The summed E-state index contributed by atoms with van der Waals surface area (Å²) in [6, 6.07) is 17.2. The molecular formula is C21H20N2O3. The summed E-state index contributed by atoms with van der Waals surface area (Å²) in [6.45, 7) is 0. The molecule has 2 aromatic carbocycles. The molecule has 26 heavy (non-hydrogen) atoms. The molecule has 0 radical (unpaired) electrons. The topological polar surface area (TPSA) is 75.3 Å². The van der Waals surface area contributed by atoms with E-state index >= 15 is 0 Å². The molecule has 0 amide bonds. The van der Waals surface area contributed by atoms with E-state index in [-0.39, 0.29) is 0 Å². The number of benzene rings is 2. The Morgan fingerprint density at radius 3 is 2.19 bits per heavy atom. The average Bonchev–Trinajstić information content (AvgIpc) is 2.70. The van der Waals surface area contributed by atoms with Crippen molar-refractivity contribution in [2.24, 2.45) is 5.92 Å². The summed E-state index contributed by atoms with van der Waals surface area (Å²) in [5.41, 5.74) is 2.13. The zero-order chi connectivity index (χ0) is 18.9. The van der Waals surface area contributed by atoms with Gasteiger partial charge in [-0.25, -0.2) is 0 Å². The van der Waals surface area contributed by atoms with E-state index in [1.54, 1.807) is 39.5 Å². The normalized spacial score (nSPS) is 11.8. The van der Waals surface area contributed by atoms with E-state index in [0.29, 0.717) is 23.5 Å². The van der Waals surface area contributed by atoms with Crippen LogP contribution in [0, 0.1) is 28.6 Å². The van der Waals surface area contributed by atoms with Gasteiger partial charge in [0.1, 0.15) is 5.75 Å². The predicted octanol–water partition coefficient (Wildman–Crippen LogP) is 4.00. The van der Waals surface area contributed by atoms with Crippen molar-refractivity contribution in [1.82, 2.24) is 0 Å². The standard InChI is InChI=1S/C21H20N2O3/c1-24-19-7-4-15(5-8-19)10-17(13-22)18(14-23)11-16-6-9-20(25-2)21(12-16)26-3/h4-9,11-12,17H,10H2,1-3H3/b18-11-. The van der Waals surface area contributed by atoms with E-state index in [0.717, 1.165) is 16.9 Å². The maximum absolute atomic E-state index is 9.54. The molecule has 0 bridgehead atoms. The fourth-order valence-electron chi connectivity index (χ4n) is 2.56. The van der Waals surface area contributed by atoms with E-state index in [4.69, 9.17) is 14.2 Å². The maximum Gasteiger partial charge on any atom is 0.161 e. The first-order valence-corrected chi connectivity index (χ1v) is 8.01. The molecule has 2 aromatic rings. The number of methoxy groups -OCH3 is 3. The van der Waals surface area contributed by atoms with E-state index in [1.165, 1.54) is 0 Å². The van der Waals surface area contributed by atoms with Gasteiger partial charge in [0, 0.05) is 5.57 Å². The Labute approximate surface area is 153 Å². The molecule has 0 aromatic heterocycles. The molecule has 0 spiro atoms. The van der Waals surface area contributed by atoms with Crippen LogP contribution < -0.4 is 14.2 Å². The number of hydrogen-bond acceptors (Lipinski definition) is 5. The zero-order valence-corrected chi connectivity index (χ0v) is 15.0. The molecular weight excluding hydrogens is 328 g/mol. The molecule has 0 heterocycles. The van der Waals surface area contributed by atoms with Crippen LogP contribution in [0.15, 0.2) is 48.0 Å². The maximum atomic E-state index is 9.54. The Balaban J connectivity index is 2.27. The fraction of sp³-hybridized carbons (Fsp3) is 0.238. The van der Waals surface area contributed by atoms with E-state index < -0.39 is 5.92 Å². The van der Waals surface area contributed by atoms with Crippen molar-refractivity contribution in [3.05, 3.63) is 59.2 Å². The van der Waals surface area contributed by atoms with Crippen LogP contribution in [0.5, 0.6) is 17.2 Å². The lowest BCUT2D eigenvalue weighted by Gasteiger charge is -2.10. The van der Waals surface area contributed by atoms with Gasteiger partial charge in [0.25, 0.3) is 0 Å². The molecule has 0 aliphatic rings. The Morgan fingerprint density at radius 2 is 1.65 bits per heavy atom. The number of nitrogens with zero attached hydrogens (tertiary/aromatic N) is 2. The van der Waals surface area contributed by atoms with E-state index in [1.807, 2.05) is 30.3 Å². The minimum Gasteiger partial charge on any atom is -0.497 e. The van der Waals surface area contributed by atoms with E-state index in [9.17, 15) is 10.5 Å². The summed E-state index contributed by atoms with van der Waals surface area (Å²) in [5.74, 6) is 1.39. The van der Waals surface area contributed by atoms with Crippen LogP contribution >= 0.6 is 0 Å². The smallest absolute Gasteiger partial charge is 0.161 e. The quantitative estimate of drug-likeness (QED) is 0.707. The molecule has 1 atom stereocenters. The van der Waals surface area contributed by atoms with Gasteiger partial charge in [-0.15, -0.1) is 0 Å². The van der Waals surface area contributed by atoms with Gasteiger partial charge < -0.3 is 14.2 Å². The van der Waals surface area contributed by atoms with Gasteiger partial charge in [0.15, 0.2) is 11.5 Å². The molecule has 0 aliphatic carbocycles. The van der Waals surface area contributed by atoms with Gasteiger partial charge in [0.2, 0.25) is 0 Å². The lowest BCUT2D eigenvalue weighted by molar-refractivity contribution is 0.355. The third-order valence-electron chi connectivity index (χ3n) is 3.99. The summed E-state index contributed by atoms with van der Waals surface area (Å²) >= 11 is 0. The SMILES string of the molecule is COc1ccc(CC(C#N)/C(C#N)=C\c2ccc(OC)c(OC)c2)cc1. The van der Waals surface area contributed by atoms with Crippen molar-refractivity contribution in [3.8, 4) is 29.4 Å². The van der Waals surface area contributed by atoms with Crippen molar-refractivity contribution in [2.45, 2.75) is 6.42 Å². The molecule has 0 saturated heterocycles. The fourth-order valence-corrected chi connectivity index (χ4v) is 2.56. The second kappa shape index (κ2) is 9.15. The summed E-state index contributed by atoms with van der Waals surface area (Å²) < 4.78 is 15.6. The van der Waals surface area contributed by atoms with Gasteiger partial charge in [-0.05, 0) is 47.9 Å². The molecule has 5 heteroatoms. The van der Waals surface area contributed by atoms with Gasteiger partial charge in [0.05, 0.1) is 39.4 Å². The van der Waals surface area contributed by atoms with Crippen molar-refractivity contribution in [1.29, 1.82) is 10.5 Å². The van der Waals surface area contributed by atoms with Crippen LogP contribution in [0.2, 0.25) is 0 Å². The van der Waals surface area contributed by atoms with Gasteiger partial charge in [-0.3, -0.25) is 0 Å². The average molecular weight is 348 g/mol. The van der Waals surface area contributed by atoms with Gasteiger partial charge in [-0.1, -0.05) is 18.2 Å². The molecule has 5 nitrogen and oxygen atoms in total. The third kappa shape index (κ3) is 4.55. The third-order valence-corrected chi connectivity index (χ3v) is 3.99. The summed E-state index contributed by atoms with van der Waals surface area (Å²) in [4.78, 5) is 0. The first-order valence-electron chi connectivity index (χ1n) is 8.01. The molecule has 0 aliphatic heterocycles. The van der Waals surface area contributed by atoms with Crippen molar-refractivity contribution < 1.29 is 14.2 Å². The highest BCUT2D eigenvalue weighted by molar-refractivity contribution is 5.62. The van der Waals surface area contributed by atoms with Crippen LogP contribution in [0.4, 0.5) is 0 Å². The first-order chi connectivity index (χ1) is 12.6. The second-order valence-corrected chi connectivity index (χ2v) is 5.56. The molecule has 2 rings (SSSR count). The minimum atomic E-state index is -0.540. The van der Waals surface area contributed by atoms with Crippen molar-refractivity contribution in [2.75, 3.05) is 21.3 Å². The number of rotatable bonds is 7. The minimum absolute atomic E-state index is 0.399. The summed E-state index contributed by atoms with van der Waals surface area (Å²) in [6.07, 6.45) is 2.16. The lowest BCUT2D eigenvalue weighted by atomic mass is 9.92. The van der Waals surface area contributed by atoms with Crippen LogP contribution in [0.25, 0.3) is 6.08 Å². The predicted molar refractivity (Wildman–Crippen MR) is 98.9 cm³/mol. The van der Waals surface area contributed by atoms with Gasteiger partial charge in [-0.2, -0.15) is 10.5 Å². The lowest BCUT2D eigenvalue weighted by Crippen LogP contribution is -2.05. The Bertz CT molecular complexity index is 858. The van der Waals surface area contributed by atoms with Crippen molar-refractivity contribution >= 4 is 6.08 Å². The number of ether oxygens (including phenoxy) is 3. The largest absolute Gasteiger partial charge is 0.497 e. The van der Waals surface area contributed by atoms with Crippen LogP contribution in [-0.4, -0.2) is 21.3 Å². The van der Waals surface area contributed by atoms with Crippen LogP contribution in [-0.2, 0) is 6.42 Å². The van der Waals surface area contributed by atoms with Crippen LogP contribution in [0.1, 0.15) is 11.1 Å². The Kier molecular flexibility index (Phi) is 6.65. The molecule has 132 valence electrons. The Hall–Kier alpha value is -3.44. The molecule has 0 fully saturated rings. The highest BCUT2D eigenvalue weighted by Gasteiger charge is 2.15. The summed E-state index contributed by atoms with van der Waals surface area (Å²) in [7, 11) is 4.72. The number of hydrogen-bond donors (Lipinski definition) is 0.